The molecule has 0 aliphatic carbocycles. The topological polar surface area (TPSA) is 77.4 Å². The molecule has 1 amide bonds. The number of benzene rings is 2. The molecule has 0 saturated carbocycles. The van der Waals surface area contributed by atoms with E-state index in [0.29, 0.717) is 17.0 Å². The number of halogens is 1. The third-order valence-corrected chi connectivity index (χ3v) is 7.00. The SMILES string of the molecule is C=CCn1c(C)c(C)c(S(=O)(=O)c2ccc(OC)cc2)c1NC(=O)c1ccccc1F. The Labute approximate surface area is 180 Å². The molecule has 2 aromatic carbocycles. The van der Waals surface area contributed by atoms with Crippen molar-refractivity contribution in [3.8, 4) is 5.75 Å². The lowest BCUT2D eigenvalue weighted by Gasteiger charge is -2.14. The third kappa shape index (κ3) is 4.11. The number of rotatable bonds is 7. The first-order chi connectivity index (χ1) is 14.7. The highest BCUT2D eigenvalue weighted by Crippen LogP contribution is 2.36. The molecule has 1 N–H and O–H groups in total. The van der Waals surface area contributed by atoms with Gasteiger partial charge in [0.25, 0.3) is 5.91 Å². The largest absolute Gasteiger partial charge is 0.497 e. The van der Waals surface area contributed by atoms with Crippen LogP contribution in [0.25, 0.3) is 0 Å². The maximum atomic E-state index is 14.1. The summed E-state index contributed by atoms with van der Waals surface area (Å²) in [6.45, 7) is 7.40. The molecule has 0 radical (unpaired) electrons. The smallest absolute Gasteiger partial charge is 0.259 e. The van der Waals surface area contributed by atoms with Crippen molar-refractivity contribution < 1.29 is 22.3 Å². The quantitative estimate of drug-likeness (QED) is 0.546. The Kier molecular flexibility index (Phi) is 6.31. The number of carbonyl (C=O) groups is 1. The van der Waals surface area contributed by atoms with E-state index >= 15 is 0 Å². The van der Waals surface area contributed by atoms with E-state index in [-0.39, 0.29) is 27.7 Å². The molecule has 0 fully saturated rings. The summed E-state index contributed by atoms with van der Waals surface area (Å²) in [7, 11) is -2.51. The highest BCUT2D eigenvalue weighted by atomic mass is 32.2. The summed E-state index contributed by atoms with van der Waals surface area (Å²) in [6, 6.07) is 11.5. The number of nitrogens with one attached hydrogen (secondary N) is 1. The molecule has 0 aliphatic rings. The summed E-state index contributed by atoms with van der Waals surface area (Å²) >= 11 is 0. The van der Waals surface area contributed by atoms with Crippen LogP contribution in [-0.2, 0) is 16.4 Å². The molecular formula is C23H23FN2O4S. The van der Waals surface area contributed by atoms with E-state index < -0.39 is 21.6 Å². The minimum Gasteiger partial charge on any atom is -0.497 e. The van der Waals surface area contributed by atoms with E-state index in [1.54, 1.807) is 36.6 Å². The van der Waals surface area contributed by atoms with Crippen LogP contribution in [0.15, 0.2) is 71.0 Å². The number of hydrogen-bond donors (Lipinski definition) is 1. The Morgan fingerprint density at radius 1 is 1.16 bits per heavy atom. The molecule has 0 saturated heterocycles. The number of methoxy groups -OCH3 is 1. The first-order valence-corrected chi connectivity index (χ1v) is 11.0. The van der Waals surface area contributed by atoms with E-state index in [4.69, 9.17) is 4.74 Å². The Morgan fingerprint density at radius 3 is 2.39 bits per heavy atom. The predicted octanol–water partition coefficient (Wildman–Crippen LogP) is 4.52. The minimum atomic E-state index is -4.00. The van der Waals surface area contributed by atoms with E-state index in [1.165, 1.54) is 43.5 Å². The van der Waals surface area contributed by atoms with Gasteiger partial charge < -0.3 is 14.6 Å². The molecule has 31 heavy (non-hydrogen) atoms. The van der Waals surface area contributed by atoms with E-state index in [9.17, 15) is 17.6 Å². The van der Waals surface area contributed by atoms with Gasteiger partial charge in [0.1, 0.15) is 22.3 Å². The zero-order valence-corrected chi connectivity index (χ0v) is 18.3. The summed E-state index contributed by atoms with van der Waals surface area (Å²) < 4.78 is 47.9. The van der Waals surface area contributed by atoms with E-state index in [1.807, 2.05) is 0 Å². The fraction of sp³-hybridized carbons (Fsp3) is 0.174. The minimum absolute atomic E-state index is 0.0401. The van der Waals surface area contributed by atoms with Gasteiger partial charge in [-0.05, 0) is 55.8 Å². The van der Waals surface area contributed by atoms with E-state index in [0.717, 1.165) is 0 Å². The van der Waals surface area contributed by atoms with Gasteiger partial charge in [-0.3, -0.25) is 4.79 Å². The van der Waals surface area contributed by atoms with Crippen molar-refractivity contribution in [2.24, 2.45) is 0 Å². The van der Waals surface area contributed by atoms with Crippen LogP contribution in [0.2, 0.25) is 0 Å². The Bertz CT molecular complexity index is 1250. The predicted molar refractivity (Wildman–Crippen MR) is 117 cm³/mol. The monoisotopic (exact) mass is 442 g/mol. The lowest BCUT2D eigenvalue weighted by molar-refractivity contribution is 0.102. The van der Waals surface area contributed by atoms with Gasteiger partial charge in [-0.25, -0.2) is 12.8 Å². The Balaban J connectivity index is 2.18. The number of allylic oxidation sites excluding steroid dienone is 1. The molecule has 8 heteroatoms. The van der Waals surface area contributed by atoms with Crippen LogP contribution < -0.4 is 10.1 Å². The van der Waals surface area contributed by atoms with Gasteiger partial charge in [-0.1, -0.05) is 18.2 Å². The van der Waals surface area contributed by atoms with Crippen molar-refractivity contribution in [2.45, 2.75) is 30.2 Å². The molecule has 0 atom stereocenters. The number of anilines is 1. The van der Waals surface area contributed by atoms with E-state index in [2.05, 4.69) is 11.9 Å². The van der Waals surface area contributed by atoms with Gasteiger partial charge in [0, 0.05) is 12.2 Å². The summed E-state index contributed by atoms with van der Waals surface area (Å²) in [6.07, 6.45) is 1.59. The van der Waals surface area contributed by atoms with Crippen LogP contribution in [0.1, 0.15) is 21.6 Å². The lowest BCUT2D eigenvalue weighted by Crippen LogP contribution is -2.19. The normalized spacial score (nSPS) is 11.2. The van der Waals surface area contributed by atoms with Gasteiger partial charge >= 0.3 is 0 Å². The number of hydrogen-bond acceptors (Lipinski definition) is 4. The average molecular weight is 443 g/mol. The maximum absolute atomic E-state index is 14.1. The van der Waals surface area contributed by atoms with Crippen molar-refractivity contribution in [2.75, 3.05) is 12.4 Å². The number of nitrogens with zero attached hydrogens (tertiary/aromatic N) is 1. The molecule has 6 nitrogen and oxygen atoms in total. The van der Waals surface area contributed by atoms with Crippen molar-refractivity contribution in [3.05, 3.63) is 83.8 Å². The molecule has 3 aromatic rings. The molecular weight excluding hydrogens is 419 g/mol. The summed E-state index contributed by atoms with van der Waals surface area (Å²) in [5, 5.41) is 2.61. The average Bonchev–Trinajstić information content (AvgIpc) is 2.99. The van der Waals surface area contributed by atoms with Crippen LogP contribution in [0.3, 0.4) is 0 Å². The van der Waals surface area contributed by atoms with Gasteiger partial charge in [-0.15, -0.1) is 6.58 Å². The summed E-state index contributed by atoms with van der Waals surface area (Å²) in [5.74, 6) is -0.856. The van der Waals surface area contributed by atoms with Crippen molar-refractivity contribution in [3.63, 3.8) is 0 Å². The lowest BCUT2D eigenvalue weighted by atomic mass is 10.2. The van der Waals surface area contributed by atoms with Crippen LogP contribution in [-0.4, -0.2) is 26.0 Å². The standard InChI is InChI=1S/C23H23FN2O4S/c1-5-14-26-16(3)15(2)21(31(28,29)18-12-10-17(30-4)11-13-18)22(26)25-23(27)19-8-6-7-9-20(19)24/h5-13H,1,14H2,2-4H3,(H,25,27). The fourth-order valence-electron chi connectivity index (χ4n) is 3.34. The second-order valence-corrected chi connectivity index (χ2v) is 8.79. The van der Waals surface area contributed by atoms with Crippen molar-refractivity contribution >= 4 is 21.6 Å². The van der Waals surface area contributed by atoms with Crippen molar-refractivity contribution in [1.29, 1.82) is 0 Å². The highest BCUT2D eigenvalue weighted by molar-refractivity contribution is 7.91. The molecule has 0 bridgehead atoms. The number of ether oxygens (including phenoxy) is 1. The zero-order chi connectivity index (χ0) is 22.8. The van der Waals surface area contributed by atoms with Crippen molar-refractivity contribution in [1.82, 2.24) is 4.57 Å². The van der Waals surface area contributed by atoms with Gasteiger partial charge in [-0.2, -0.15) is 0 Å². The molecule has 0 unspecified atom stereocenters. The second kappa shape index (κ2) is 8.77. The fourth-order valence-corrected chi connectivity index (χ4v) is 5.03. The first kappa shape index (κ1) is 22.3. The Morgan fingerprint density at radius 2 is 1.81 bits per heavy atom. The summed E-state index contributed by atoms with van der Waals surface area (Å²) in [5.41, 5.74) is 0.953. The first-order valence-electron chi connectivity index (χ1n) is 9.48. The third-order valence-electron chi connectivity index (χ3n) is 5.07. The van der Waals surface area contributed by atoms with Gasteiger partial charge in [0.15, 0.2) is 0 Å². The number of sulfone groups is 1. The van der Waals surface area contributed by atoms with Crippen LogP contribution in [0, 0.1) is 19.7 Å². The zero-order valence-electron chi connectivity index (χ0n) is 17.5. The highest BCUT2D eigenvalue weighted by Gasteiger charge is 2.30. The molecule has 1 aromatic heterocycles. The van der Waals surface area contributed by atoms with Gasteiger partial charge in [0.2, 0.25) is 9.84 Å². The molecule has 0 spiro atoms. The van der Waals surface area contributed by atoms with Crippen LogP contribution >= 0.6 is 0 Å². The molecule has 1 heterocycles. The number of aromatic nitrogens is 1. The van der Waals surface area contributed by atoms with Gasteiger partial charge in [0.05, 0.1) is 17.6 Å². The number of amides is 1. The molecule has 0 aliphatic heterocycles. The molecule has 3 rings (SSSR count). The Hall–Kier alpha value is -3.39. The van der Waals surface area contributed by atoms with Crippen LogP contribution in [0.5, 0.6) is 5.75 Å². The summed E-state index contributed by atoms with van der Waals surface area (Å²) in [4.78, 5) is 12.8. The second-order valence-electron chi connectivity index (χ2n) is 6.90. The number of carbonyl (C=O) groups excluding carboxylic acids is 1. The van der Waals surface area contributed by atoms with Crippen LogP contribution in [0.4, 0.5) is 10.2 Å². The maximum Gasteiger partial charge on any atom is 0.259 e. The molecule has 162 valence electrons.